The van der Waals surface area contributed by atoms with E-state index < -0.39 is 5.97 Å². The van der Waals surface area contributed by atoms with Gasteiger partial charge >= 0.3 is 5.97 Å². The van der Waals surface area contributed by atoms with Gasteiger partial charge < -0.3 is 14.4 Å². The van der Waals surface area contributed by atoms with Crippen molar-refractivity contribution in [3.05, 3.63) is 48.1 Å². The molecule has 1 N–H and O–H groups in total. The smallest absolute Gasteiger partial charge is 0.371 e. The number of nitrogens with zero attached hydrogens (tertiary/aromatic N) is 3. The van der Waals surface area contributed by atoms with E-state index in [0.717, 1.165) is 0 Å². The zero-order chi connectivity index (χ0) is 14.1. The molecule has 7 nitrogen and oxygen atoms in total. The summed E-state index contributed by atoms with van der Waals surface area (Å²) in [4.78, 5) is 24.4. The van der Waals surface area contributed by atoms with Crippen molar-refractivity contribution in [1.82, 2.24) is 9.91 Å². The SMILES string of the molecule is O=C(O)c1ccc(CN2N=C3C=CC=CN3CC2=O)o1. The maximum atomic E-state index is 12.0. The van der Waals surface area contributed by atoms with Gasteiger partial charge in [0.05, 0.1) is 0 Å². The van der Waals surface area contributed by atoms with Crippen LogP contribution in [0.2, 0.25) is 0 Å². The number of hydrogen-bond donors (Lipinski definition) is 1. The number of amides is 1. The normalized spacial score (nSPS) is 17.2. The van der Waals surface area contributed by atoms with E-state index in [1.807, 2.05) is 12.2 Å². The molecule has 20 heavy (non-hydrogen) atoms. The Morgan fingerprint density at radius 1 is 1.40 bits per heavy atom. The van der Waals surface area contributed by atoms with Crippen molar-refractivity contribution in [2.45, 2.75) is 6.54 Å². The molecule has 1 aromatic rings. The first-order chi connectivity index (χ1) is 9.63. The summed E-state index contributed by atoms with van der Waals surface area (Å²) in [5, 5.41) is 14.3. The molecule has 0 spiro atoms. The van der Waals surface area contributed by atoms with E-state index in [1.165, 1.54) is 17.1 Å². The number of aromatic carboxylic acids is 1. The summed E-state index contributed by atoms with van der Waals surface area (Å²) in [5.41, 5.74) is 0. The number of hydrazone groups is 1. The van der Waals surface area contributed by atoms with Gasteiger partial charge in [0.25, 0.3) is 5.91 Å². The first-order valence-electron chi connectivity index (χ1n) is 5.96. The van der Waals surface area contributed by atoms with Crippen molar-refractivity contribution in [2.75, 3.05) is 6.54 Å². The lowest BCUT2D eigenvalue weighted by molar-refractivity contribution is -0.133. The van der Waals surface area contributed by atoms with E-state index in [-0.39, 0.29) is 24.8 Å². The van der Waals surface area contributed by atoms with Gasteiger partial charge in [-0.3, -0.25) is 4.79 Å². The number of carbonyl (C=O) groups excluding carboxylic acids is 1. The lowest BCUT2D eigenvalue weighted by Gasteiger charge is -2.30. The Bertz CT molecular complexity index is 656. The summed E-state index contributed by atoms with van der Waals surface area (Å²) >= 11 is 0. The van der Waals surface area contributed by atoms with Gasteiger partial charge in [0.1, 0.15) is 18.8 Å². The van der Waals surface area contributed by atoms with Gasteiger partial charge in [0.15, 0.2) is 5.84 Å². The van der Waals surface area contributed by atoms with Crippen molar-refractivity contribution >= 4 is 17.7 Å². The monoisotopic (exact) mass is 273 g/mol. The molecule has 0 atom stereocenters. The second kappa shape index (κ2) is 4.69. The quantitative estimate of drug-likeness (QED) is 0.888. The average molecular weight is 273 g/mol. The number of amidine groups is 1. The molecule has 0 radical (unpaired) electrons. The Labute approximate surface area is 114 Å². The molecular formula is C13H11N3O4. The van der Waals surface area contributed by atoms with Crippen LogP contribution >= 0.6 is 0 Å². The summed E-state index contributed by atoms with van der Waals surface area (Å²) in [5.74, 6) is -0.429. The van der Waals surface area contributed by atoms with Crippen LogP contribution in [0.5, 0.6) is 0 Å². The molecule has 1 amide bonds. The number of hydrogen-bond acceptors (Lipinski definition) is 5. The zero-order valence-electron chi connectivity index (χ0n) is 10.4. The van der Waals surface area contributed by atoms with Gasteiger partial charge in [0.2, 0.25) is 5.76 Å². The van der Waals surface area contributed by atoms with Crippen molar-refractivity contribution in [1.29, 1.82) is 0 Å². The highest BCUT2D eigenvalue weighted by Crippen LogP contribution is 2.16. The molecule has 0 aromatic carbocycles. The first-order valence-corrected chi connectivity index (χ1v) is 5.96. The summed E-state index contributed by atoms with van der Waals surface area (Å²) in [6, 6.07) is 2.88. The van der Waals surface area contributed by atoms with Gasteiger partial charge in [-0.05, 0) is 24.3 Å². The van der Waals surface area contributed by atoms with Crippen molar-refractivity contribution < 1.29 is 19.1 Å². The maximum absolute atomic E-state index is 12.0. The van der Waals surface area contributed by atoms with Crippen LogP contribution in [-0.2, 0) is 11.3 Å². The fraction of sp³-hybridized carbons (Fsp3) is 0.154. The maximum Gasteiger partial charge on any atom is 0.371 e. The number of furan rings is 1. The van der Waals surface area contributed by atoms with E-state index in [2.05, 4.69) is 5.10 Å². The Morgan fingerprint density at radius 3 is 3.00 bits per heavy atom. The topological polar surface area (TPSA) is 86.4 Å². The Kier molecular flexibility index (Phi) is 2.86. The van der Waals surface area contributed by atoms with Crippen molar-refractivity contribution in [3.8, 4) is 0 Å². The second-order valence-corrected chi connectivity index (χ2v) is 4.31. The summed E-state index contributed by atoms with van der Waals surface area (Å²) in [7, 11) is 0. The van der Waals surface area contributed by atoms with E-state index in [0.29, 0.717) is 11.6 Å². The first kappa shape index (κ1) is 12.2. The molecule has 1 aromatic heterocycles. The Balaban J connectivity index is 1.79. The minimum Gasteiger partial charge on any atom is -0.475 e. The van der Waals surface area contributed by atoms with E-state index in [9.17, 15) is 9.59 Å². The van der Waals surface area contributed by atoms with Crippen LogP contribution in [0, 0.1) is 0 Å². The zero-order valence-corrected chi connectivity index (χ0v) is 10.4. The van der Waals surface area contributed by atoms with Gasteiger partial charge in [0, 0.05) is 6.20 Å². The molecule has 7 heteroatoms. The van der Waals surface area contributed by atoms with Crippen LogP contribution in [0.25, 0.3) is 0 Å². The van der Waals surface area contributed by atoms with Crippen molar-refractivity contribution in [3.63, 3.8) is 0 Å². The molecule has 0 aliphatic carbocycles. The van der Waals surface area contributed by atoms with Crippen molar-refractivity contribution in [2.24, 2.45) is 5.10 Å². The molecule has 0 saturated heterocycles. The van der Waals surface area contributed by atoms with E-state index in [1.54, 1.807) is 17.2 Å². The molecule has 0 bridgehead atoms. The van der Waals surface area contributed by atoms with Gasteiger partial charge in [-0.2, -0.15) is 5.10 Å². The summed E-state index contributed by atoms with van der Waals surface area (Å²) < 4.78 is 5.12. The van der Waals surface area contributed by atoms with Gasteiger partial charge in [-0.1, -0.05) is 6.08 Å². The fourth-order valence-corrected chi connectivity index (χ4v) is 1.95. The molecule has 102 valence electrons. The Morgan fingerprint density at radius 2 is 2.25 bits per heavy atom. The lowest BCUT2D eigenvalue weighted by atomic mass is 10.3. The molecule has 3 rings (SSSR count). The third-order valence-electron chi connectivity index (χ3n) is 2.91. The predicted molar refractivity (Wildman–Crippen MR) is 68.6 cm³/mol. The predicted octanol–water partition coefficient (Wildman–Crippen LogP) is 1.02. The second-order valence-electron chi connectivity index (χ2n) is 4.31. The Hall–Kier alpha value is -2.83. The molecule has 2 aliphatic rings. The van der Waals surface area contributed by atoms with Crippen LogP contribution in [0.1, 0.15) is 16.3 Å². The van der Waals surface area contributed by atoms with Crippen LogP contribution in [0.15, 0.2) is 46.1 Å². The molecule has 0 fully saturated rings. The van der Waals surface area contributed by atoms with Crippen LogP contribution in [0.4, 0.5) is 0 Å². The van der Waals surface area contributed by atoms with Crippen LogP contribution in [-0.4, -0.2) is 39.3 Å². The highest BCUT2D eigenvalue weighted by Gasteiger charge is 2.26. The number of carbonyl (C=O) groups is 2. The third-order valence-corrected chi connectivity index (χ3v) is 2.91. The summed E-state index contributed by atoms with van der Waals surface area (Å²) in [6.45, 7) is 0.313. The number of allylic oxidation sites excluding steroid dienone is 2. The highest BCUT2D eigenvalue weighted by atomic mass is 16.4. The van der Waals surface area contributed by atoms with E-state index >= 15 is 0 Å². The van der Waals surface area contributed by atoms with Gasteiger partial charge in [-0.25, -0.2) is 9.80 Å². The number of carboxylic acids is 1. The summed E-state index contributed by atoms with van der Waals surface area (Å²) in [6.07, 6.45) is 7.24. The fourth-order valence-electron chi connectivity index (χ4n) is 1.95. The number of rotatable bonds is 3. The number of fused-ring (bicyclic) bond motifs is 1. The average Bonchev–Trinajstić information content (AvgIpc) is 2.88. The molecule has 3 heterocycles. The van der Waals surface area contributed by atoms with Gasteiger partial charge in [-0.15, -0.1) is 0 Å². The van der Waals surface area contributed by atoms with Crippen LogP contribution in [0.3, 0.4) is 0 Å². The minimum absolute atomic E-state index is 0.112. The minimum atomic E-state index is -1.14. The highest BCUT2D eigenvalue weighted by molar-refractivity contribution is 6.00. The lowest BCUT2D eigenvalue weighted by Crippen LogP contribution is -2.44. The number of carboxylic acid groups (broad SMARTS) is 1. The van der Waals surface area contributed by atoms with Crippen LogP contribution < -0.4 is 0 Å². The third kappa shape index (κ3) is 2.20. The molecule has 0 saturated carbocycles. The molecule has 0 unspecified atom stereocenters. The molecular weight excluding hydrogens is 262 g/mol. The largest absolute Gasteiger partial charge is 0.475 e. The standard InChI is InChI=1S/C13H11N3O4/c17-12-8-15-6-2-1-3-11(15)14-16(12)7-9-4-5-10(20-9)13(18)19/h1-6H,7-8H2,(H,18,19). The molecule has 2 aliphatic heterocycles. The van der Waals surface area contributed by atoms with E-state index in [4.69, 9.17) is 9.52 Å².